The molecule has 0 bridgehead atoms. The van der Waals surface area contributed by atoms with Crippen molar-refractivity contribution < 1.29 is 9.53 Å². The molecular weight excluding hydrogens is 310 g/mol. The van der Waals surface area contributed by atoms with Crippen LogP contribution >= 0.6 is 11.6 Å². The maximum absolute atomic E-state index is 12.3. The van der Waals surface area contributed by atoms with E-state index in [1.165, 1.54) is 5.56 Å². The quantitative estimate of drug-likeness (QED) is 0.716. The number of ether oxygens (including phenoxy) is 1. The molecule has 2 rings (SSSR count). The first-order valence-electron chi connectivity index (χ1n) is 7.78. The summed E-state index contributed by atoms with van der Waals surface area (Å²) in [5.41, 5.74) is 1.98. The monoisotopic (exact) mass is 331 g/mol. The van der Waals surface area contributed by atoms with Crippen molar-refractivity contribution in [3.05, 3.63) is 65.7 Å². The molecule has 0 heterocycles. The van der Waals surface area contributed by atoms with Gasteiger partial charge in [-0.25, -0.2) is 0 Å². The van der Waals surface area contributed by atoms with Gasteiger partial charge >= 0.3 is 0 Å². The Morgan fingerprint density at radius 3 is 2.48 bits per heavy atom. The van der Waals surface area contributed by atoms with Gasteiger partial charge in [0.1, 0.15) is 17.7 Å². The molecule has 4 heteroatoms. The number of amides is 1. The number of hydrogen-bond donors (Lipinski definition) is 0. The molecule has 0 radical (unpaired) electrons. The van der Waals surface area contributed by atoms with Crippen LogP contribution in [-0.2, 0) is 11.2 Å². The molecule has 2 aromatic carbocycles. The fourth-order valence-electron chi connectivity index (χ4n) is 2.30. The summed E-state index contributed by atoms with van der Waals surface area (Å²) < 4.78 is 5.80. The Morgan fingerprint density at radius 1 is 1.13 bits per heavy atom. The standard InChI is InChI=1S/C19H22ClNO2/c1-3-15-9-7-8-12-17(15)23-14-13-21(2)19(22)18(20)16-10-5-4-6-11-16/h4-12,18H,3,13-14H2,1-2H3. The molecule has 2 aromatic rings. The Hall–Kier alpha value is -2.00. The summed E-state index contributed by atoms with van der Waals surface area (Å²) in [4.78, 5) is 14.0. The number of alkyl halides is 1. The lowest BCUT2D eigenvalue weighted by atomic mass is 10.1. The van der Waals surface area contributed by atoms with Gasteiger partial charge in [0.2, 0.25) is 5.91 Å². The first-order chi connectivity index (χ1) is 11.1. The van der Waals surface area contributed by atoms with Gasteiger partial charge in [-0.15, -0.1) is 11.6 Å². The zero-order chi connectivity index (χ0) is 16.7. The second-order valence-electron chi connectivity index (χ2n) is 5.34. The molecule has 23 heavy (non-hydrogen) atoms. The van der Waals surface area contributed by atoms with Crippen molar-refractivity contribution in [2.45, 2.75) is 18.7 Å². The third-order valence-corrected chi connectivity index (χ3v) is 4.16. The Morgan fingerprint density at radius 2 is 1.78 bits per heavy atom. The van der Waals surface area contributed by atoms with E-state index in [1.807, 2.05) is 54.6 Å². The van der Waals surface area contributed by atoms with Gasteiger partial charge in [-0.2, -0.15) is 0 Å². The average molecular weight is 332 g/mol. The molecule has 0 fully saturated rings. The number of nitrogens with zero attached hydrogens (tertiary/aromatic N) is 1. The smallest absolute Gasteiger partial charge is 0.245 e. The molecule has 0 N–H and O–H groups in total. The summed E-state index contributed by atoms with van der Waals surface area (Å²) >= 11 is 6.26. The molecule has 0 aliphatic heterocycles. The molecule has 0 aromatic heterocycles. The van der Waals surface area contributed by atoms with Gasteiger partial charge in [0, 0.05) is 7.05 Å². The molecule has 0 saturated carbocycles. The topological polar surface area (TPSA) is 29.5 Å². The molecule has 0 spiro atoms. The zero-order valence-electron chi connectivity index (χ0n) is 13.5. The molecule has 0 aliphatic carbocycles. The average Bonchev–Trinajstić information content (AvgIpc) is 2.61. The number of benzene rings is 2. The van der Waals surface area contributed by atoms with Crippen LogP contribution in [0.4, 0.5) is 0 Å². The minimum absolute atomic E-state index is 0.120. The Balaban J connectivity index is 1.87. The second kappa shape index (κ2) is 8.59. The fourth-order valence-corrected chi connectivity index (χ4v) is 2.61. The molecule has 1 unspecified atom stereocenters. The van der Waals surface area contributed by atoms with Crippen LogP contribution in [0.25, 0.3) is 0 Å². The Bertz CT molecular complexity index is 630. The summed E-state index contributed by atoms with van der Waals surface area (Å²) in [6, 6.07) is 17.3. The maximum Gasteiger partial charge on any atom is 0.245 e. The van der Waals surface area contributed by atoms with E-state index in [1.54, 1.807) is 11.9 Å². The lowest BCUT2D eigenvalue weighted by Gasteiger charge is -2.21. The van der Waals surface area contributed by atoms with Gasteiger partial charge in [0.15, 0.2) is 0 Å². The van der Waals surface area contributed by atoms with E-state index in [4.69, 9.17) is 16.3 Å². The van der Waals surface area contributed by atoms with Gasteiger partial charge < -0.3 is 9.64 Å². The van der Waals surface area contributed by atoms with Crippen LogP contribution in [0.3, 0.4) is 0 Å². The lowest BCUT2D eigenvalue weighted by Crippen LogP contribution is -2.33. The van der Waals surface area contributed by atoms with E-state index < -0.39 is 5.38 Å². The molecule has 0 saturated heterocycles. The van der Waals surface area contributed by atoms with Crippen molar-refractivity contribution >= 4 is 17.5 Å². The van der Waals surface area contributed by atoms with E-state index in [0.717, 1.165) is 17.7 Å². The highest BCUT2D eigenvalue weighted by Gasteiger charge is 2.21. The number of hydrogen-bond acceptors (Lipinski definition) is 2. The third-order valence-electron chi connectivity index (χ3n) is 3.72. The number of rotatable bonds is 7. The molecule has 0 aliphatic rings. The highest BCUT2D eigenvalue weighted by atomic mass is 35.5. The second-order valence-corrected chi connectivity index (χ2v) is 5.78. The zero-order valence-corrected chi connectivity index (χ0v) is 14.3. The summed E-state index contributed by atoms with van der Waals surface area (Å²) in [6.45, 7) is 3.03. The van der Waals surface area contributed by atoms with Crippen LogP contribution in [0.2, 0.25) is 0 Å². The molecule has 1 amide bonds. The first kappa shape index (κ1) is 17.4. The number of halogens is 1. The van der Waals surface area contributed by atoms with Gasteiger partial charge in [-0.05, 0) is 23.6 Å². The maximum atomic E-state index is 12.3. The number of carbonyl (C=O) groups is 1. The summed E-state index contributed by atoms with van der Waals surface area (Å²) in [5.74, 6) is 0.756. The first-order valence-corrected chi connectivity index (χ1v) is 8.21. The SMILES string of the molecule is CCc1ccccc1OCCN(C)C(=O)C(Cl)c1ccccc1. The molecule has 1 atom stereocenters. The van der Waals surface area contributed by atoms with E-state index in [2.05, 4.69) is 6.92 Å². The van der Waals surface area contributed by atoms with Gasteiger partial charge in [0.25, 0.3) is 0 Å². The van der Waals surface area contributed by atoms with Crippen LogP contribution in [-0.4, -0.2) is 31.0 Å². The fraction of sp³-hybridized carbons (Fsp3) is 0.316. The number of aryl methyl sites for hydroxylation is 1. The van der Waals surface area contributed by atoms with Gasteiger partial charge in [-0.3, -0.25) is 4.79 Å². The summed E-state index contributed by atoms with van der Waals surface area (Å²) in [7, 11) is 1.75. The number of carbonyl (C=O) groups excluding carboxylic acids is 1. The highest BCUT2D eigenvalue weighted by molar-refractivity contribution is 6.30. The Labute approximate surface area is 142 Å². The molecule has 3 nitrogen and oxygen atoms in total. The summed E-state index contributed by atoms with van der Waals surface area (Å²) in [6.07, 6.45) is 0.919. The minimum atomic E-state index is -0.663. The van der Waals surface area contributed by atoms with Crippen molar-refractivity contribution in [3.63, 3.8) is 0 Å². The highest BCUT2D eigenvalue weighted by Crippen LogP contribution is 2.22. The molecule has 122 valence electrons. The van der Waals surface area contributed by atoms with E-state index in [0.29, 0.717) is 13.2 Å². The van der Waals surface area contributed by atoms with Crippen molar-refractivity contribution in [2.24, 2.45) is 0 Å². The van der Waals surface area contributed by atoms with Crippen LogP contribution in [0, 0.1) is 0 Å². The Kier molecular flexibility index (Phi) is 6.48. The van der Waals surface area contributed by atoms with Gasteiger partial charge in [0.05, 0.1) is 6.54 Å². The van der Waals surface area contributed by atoms with Crippen molar-refractivity contribution in [2.75, 3.05) is 20.2 Å². The van der Waals surface area contributed by atoms with Crippen LogP contribution in [0.15, 0.2) is 54.6 Å². The predicted molar refractivity (Wildman–Crippen MR) is 94.0 cm³/mol. The lowest BCUT2D eigenvalue weighted by molar-refractivity contribution is -0.129. The molecular formula is C19H22ClNO2. The summed E-state index contributed by atoms with van der Waals surface area (Å²) in [5, 5.41) is -0.663. The minimum Gasteiger partial charge on any atom is -0.491 e. The predicted octanol–water partition coefficient (Wildman–Crippen LogP) is 4.07. The number of likely N-dealkylation sites (N-methyl/N-ethyl adjacent to an activating group) is 1. The van der Waals surface area contributed by atoms with Crippen LogP contribution in [0.5, 0.6) is 5.75 Å². The van der Waals surface area contributed by atoms with Crippen molar-refractivity contribution in [1.82, 2.24) is 4.90 Å². The van der Waals surface area contributed by atoms with E-state index >= 15 is 0 Å². The normalized spacial score (nSPS) is 11.8. The van der Waals surface area contributed by atoms with Gasteiger partial charge in [-0.1, -0.05) is 55.5 Å². The third kappa shape index (κ3) is 4.73. The largest absolute Gasteiger partial charge is 0.491 e. The van der Waals surface area contributed by atoms with Crippen LogP contribution in [0.1, 0.15) is 23.4 Å². The van der Waals surface area contributed by atoms with Crippen molar-refractivity contribution in [3.8, 4) is 5.75 Å². The van der Waals surface area contributed by atoms with E-state index in [-0.39, 0.29) is 5.91 Å². The van der Waals surface area contributed by atoms with Crippen molar-refractivity contribution in [1.29, 1.82) is 0 Å². The van der Waals surface area contributed by atoms with E-state index in [9.17, 15) is 4.79 Å². The number of para-hydroxylation sites is 1. The van der Waals surface area contributed by atoms with Crippen LogP contribution < -0.4 is 4.74 Å².